The van der Waals surface area contributed by atoms with Gasteiger partial charge in [-0.25, -0.2) is 0 Å². The van der Waals surface area contributed by atoms with Crippen molar-refractivity contribution in [3.63, 3.8) is 0 Å². The average molecular weight is 796 g/mol. The molecule has 2 saturated heterocycles. The van der Waals surface area contributed by atoms with Crippen LogP contribution in [0.4, 0.5) is 12.0 Å². The lowest BCUT2D eigenvalue weighted by Gasteiger charge is -2.44. The quantitative estimate of drug-likeness (QED) is 0.179. The van der Waals surface area contributed by atoms with Gasteiger partial charge in [-0.1, -0.05) is 19.1 Å². The average Bonchev–Trinajstić information content (AvgIpc) is 3.96. The van der Waals surface area contributed by atoms with Crippen LogP contribution in [0.15, 0.2) is 86.4 Å². The van der Waals surface area contributed by atoms with Gasteiger partial charge in [0.1, 0.15) is 16.9 Å². The third-order valence-electron chi connectivity index (χ3n) is 12.9. The zero-order chi connectivity index (χ0) is 40.0. The monoisotopic (exact) mass is 795 g/mol. The Labute approximate surface area is 343 Å². The molecular weight excluding hydrogens is 743 g/mol. The Morgan fingerprint density at radius 1 is 0.746 bits per heavy atom. The summed E-state index contributed by atoms with van der Waals surface area (Å²) in [6.07, 6.45) is 9.97. The molecule has 2 aromatic carbocycles. The van der Waals surface area contributed by atoms with E-state index in [-0.39, 0.29) is 12.0 Å². The summed E-state index contributed by atoms with van der Waals surface area (Å²) in [7, 11) is 2.23. The van der Waals surface area contributed by atoms with Gasteiger partial charge in [0.15, 0.2) is 22.6 Å². The van der Waals surface area contributed by atoms with Gasteiger partial charge in [0.05, 0.1) is 6.54 Å². The number of hydrogen-bond acceptors (Lipinski definition) is 14. The Hall–Kier alpha value is -5.61. The smallest absolute Gasteiger partial charge is 0.292 e. The standard InChI is InChI=1S/C44H53N13O2/c1-3-29-25-47-42-32(22-34(31-5-8-36-39(24-31)59-44(46)49-36)27-56(42)37(29)11-13-54-16-14-52(2)15-17-54)10-12-53-18-20-55(21-19-53)28-41-51-50-40-9-6-33(26-57(40)41)30-4-7-35-38(23-30)58-43(45)48-35/h4-9,22-24,26-27,29,37H,3,10-21,25,28H2,1-2H3,(H2,45,48)(H2,46,49). The molecule has 0 bridgehead atoms. The molecule has 2 atom stereocenters. The minimum absolute atomic E-state index is 0.173. The molecule has 15 nitrogen and oxygen atoms in total. The largest absolute Gasteiger partial charge is 0.424 e. The SMILES string of the molecule is CCC1CN=C2C(CCN3CCN(Cc4nnc5ccc(-c6ccc7nc(N)oc7c6)cn45)CC3)=CC(c3ccc4nc(N)oc4c3)=CN2C1CCN1CCN(C)CC1. The van der Waals surface area contributed by atoms with Crippen LogP contribution in [-0.4, -0.2) is 140 Å². The highest BCUT2D eigenvalue weighted by Gasteiger charge is 2.36. The summed E-state index contributed by atoms with van der Waals surface area (Å²) in [6.45, 7) is 14.5. The number of pyridine rings is 1. The molecule has 15 heteroatoms. The summed E-state index contributed by atoms with van der Waals surface area (Å²) < 4.78 is 13.5. The summed E-state index contributed by atoms with van der Waals surface area (Å²) in [4.78, 5) is 26.6. The van der Waals surface area contributed by atoms with Gasteiger partial charge in [-0.2, -0.15) is 9.97 Å². The van der Waals surface area contributed by atoms with E-state index in [0.717, 1.165) is 143 Å². The first kappa shape index (κ1) is 37.6. The van der Waals surface area contributed by atoms with Crippen molar-refractivity contribution in [1.29, 1.82) is 0 Å². The van der Waals surface area contributed by atoms with Crippen LogP contribution < -0.4 is 11.5 Å². The molecule has 2 unspecified atom stereocenters. The molecule has 8 heterocycles. The van der Waals surface area contributed by atoms with Crippen molar-refractivity contribution in [2.75, 3.05) is 90.5 Å². The normalized spacial score (nSPS) is 21.3. The lowest BCUT2D eigenvalue weighted by atomic mass is 9.87. The van der Waals surface area contributed by atoms with Crippen LogP contribution >= 0.6 is 0 Å². The number of anilines is 2. The van der Waals surface area contributed by atoms with Gasteiger partial charge in [0.2, 0.25) is 0 Å². The summed E-state index contributed by atoms with van der Waals surface area (Å²) in [5, 5.41) is 9.09. The molecule has 306 valence electrons. The molecule has 59 heavy (non-hydrogen) atoms. The minimum atomic E-state index is 0.173. The van der Waals surface area contributed by atoms with Crippen molar-refractivity contribution >= 4 is 51.3 Å². The number of oxazole rings is 2. The fraction of sp³-hybridized carbons (Fsp3) is 0.432. The number of benzene rings is 2. The second kappa shape index (κ2) is 15.9. The maximum atomic E-state index is 5.94. The Morgan fingerprint density at radius 2 is 1.41 bits per heavy atom. The van der Waals surface area contributed by atoms with Gasteiger partial charge >= 0.3 is 0 Å². The number of piperazine rings is 2. The predicted molar refractivity (Wildman–Crippen MR) is 231 cm³/mol. The molecule has 10 rings (SSSR count). The van der Waals surface area contributed by atoms with Crippen LogP contribution in [0.2, 0.25) is 0 Å². The van der Waals surface area contributed by atoms with E-state index in [0.29, 0.717) is 23.1 Å². The minimum Gasteiger partial charge on any atom is -0.424 e. The number of nitrogens with zero attached hydrogens (tertiary/aromatic N) is 11. The van der Waals surface area contributed by atoms with Crippen molar-refractivity contribution in [3.8, 4) is 11.1 Å². The lowest BCUT2D eigenvalue weighted by molar-refractivity contribution is 0.125. The van der Waals surface area contributed by atoms with Gasteiger partial charge < -0.3 is 39.9 Å². The van der Waals surface area contributed by atoms with E-state index in [9.17, 15) is 0 Å². The first-order valence-corrected chi connectivity index (χ1v) is 21.1. The van der Waals surface area contributed by atoms with Crippen LogP contribution in [0.5, 0.6) is 0 Å². The van der Waals surface area contributed by atoms with E-state index in [2.05, 4.69) is 99.7 Å². The van der Waals surface area contributed by atoms with Crippen molar-refractivity contribution in [2.45, 2.75) is 38.8 Å². The van der Waals surface area contributed by atoms with Crippen LogP contribution in [0.25, 0.3) is 44.5 Å². The Morgan fingerprint density at radius 3 is 2.15 bits per heavy atom. The number of rotatable bonds is 11. The number of amidine groups is 1. The third kappa shape index (κ3) is 7.71. The van der Waals surface area contributed by atoms with Crippen LogP contribution in [0, 0.1) is 5.92 Å². The second-order valence-corrected chi connectivity index (χ2v) is 16.6. The number of nitrogen functional groups attached to an aromatic ring is 2. The van der Waals surface area contributed by atoms with Gasteiger partial charge in [-0.05, 0) is 103 Å². The van der Waals surface area contributed by atoms with E-state index in [4.69, 9.17) is 25.3 Å². The van der Waals surface area contributed by atoms with Crippen LogP contribution in [0.3, 0.4) is 0 Å². The first-order valence-electron chi connectivity index (χ1n) is 21.1. The molecule has 0 spiro atoms. The number of allylic oxidation sites excluding steroid dienone is 2. The molecule has 4 aromatic heterocycles. The number of aromatic nitrogens is 5. The number of aliphatic imine (C=N–C) groups is 1. The predicted octanol–water partition coefficient (Wildman–Crippen LogP) is 5.08. The van der Waals surface area contributed by atoms with Crippen molar-refractivity contribution in [1.82, 2.24) is 49.1 Å². The molecule has 0 amide bonds. The zero-order valence-electron chi connectivity index (χ0n) is 34.0. The van der Waals surface area contributed by atoms with Gasteiger partial charge in [0.25, 0.3) is 12.0 Å². The summed E-state index contributed by atoms with van der Waals surface area (Å²) in [6, 6.07) is 17.0. The van der Waals surface area contributed by atoms with E-state index >= 15 is 0 Å². The molecule has 4 N–H and O–H groups in total. The fourth-order valence-corrected chi connectivity index (χ4v) is 9.27. The molecule has 0 saturated carbocycles. The molecule has 6 aromatic rings. The molecule has 0 aliphatic carbocycles. The summed E-state index contributed by atoms with van der Waals surface area (Å²) in [5.74, 6) is 2.58. The van der Waals surface area contributed by atoms with E-state index in [1.807, 2.05) is 30.3 Å². The van der Waals surface area contributed by atoms with Crippen molar-refractivity contribution in [3.05, 3.63) is 84.0 Å². The van der Waals surface area contributed by atoms with Gasteiger partial charge in [-0.3, -0.25) is 14.3 Å². The highest BCUT2D eigenvalue weighted by atomic mass is 16.4. The van der Waals surface area contributed by atoms with Gasteiger partial charge in [-0.15, -0.1) is 10.2 Å². The zero-order valence-corrected chi connectivity index (χ0v) is 34.0. The molecule has 4 aliphatic heterocycles. The summed E-state index contributed by atoms with van der Waals surface area (Å²) >= 11 is 0. The van der Waals surface area contributed by atoms with E-state index < -0.39 is 0 Å². The van der Waals surface area contributed by atoms with E-state index in [1.54, 1.807) is 0 Å². The highest BCUT2D eigenvalue weighted by Crippen LogP contribution is 2.35. The highest BCUT2D eigenvalue weighted by molar-refractivity contribution is 6.05. The lowest BCUT2D eigenvalue weighted by Crippen LogP contribution is -2.51. The summed E-state index contributed by atoms with van der Waals surface area (Å²) in [5.41, 5.74) is 21.1. The molecule has 4 aliphatic rings. The molecular formula is C44H53N13O2. The number of nitrogens with two attached hydrogens (primary N) is 2. The second-order valence-electron chi connectivity index (χ2n) is 16.6. The van der Waals surface area contributed by atoms with Gasteiger partial charge in [0, 0.05) is 90.4 Å². The number of fused-ring (bicyclic) bond motifs is 4. The maximum absolute atomic E-state index is 5.94. The first-order chi connectivity index (χ1) is 28.8. The van der Waals surface area contributed by atoms with Crippen LogP contribution in [-0.2, 0) is 6.54 Å². The number of likely N-dealkylation sites (N-methyl/N-ethyl adjacent to an activating group) is 1. The topological polar surface area (TPSA) is 163 Å². The van der Waals surface area contributed by atoms with Crippen LogP contribution in [0.1, 0.15) is 37.6 Å². The Balaban J connectivity index is 0.831. The third-order valence-corrected chi connectivity index (χ3v) is 12.9. The Kier molecular flexibility index (Phi) is 10.1. The van der Waals surface area contributed by atoms with E-state index in [1.165, 1.54) is 11.1 Å². The fourth-order valence-electron chi connectivity index (χ4n) is 9.27. The Bertz CT molecular complexity index is 2570. The van der Waals surface area contributed by atoms with Crippen molar-refractivity contribution in [2.24, 2.45) is 10.9 Å². The molecule has 0 radical (unpaired) electrons. The maximum Gasteiger partial charge on any atom is 0.292 e. The van der Waals surface area contributed by atoms with Crippen molar-refractivity contribution < 1.29 is 8.83 Å². The molecule has 2 fully saturated rings. The number of hydrogen-bond donors (Lipinski definition) is 2.